The van der Waals surface area contributed by atoms with Crippen LogP contribution in [0, 0.1) is 0 Å². The molecular formula is C35H26N6. The second kappa shape index (κ2) is 11.6. The molecule has 0 aliphatic carbocycles. The topological polar surface area (TPSA) is 75.8 Å². The summed E-state index contributed by atoms with van der Waals surface area (Å²) in [5.41, 5.74) is 10.7. The van der Waals surface area contributed by atoms with Crippen molar-refractivity contribution in [2.45, 2.75) is 6.92 Å². The Morgan fingerprint density at radius 2 is 1.34 bits per heavy atom. The molecule has 0 N–H and O–H groups in total. The summed E-state index contributed by atoms with van der Waals surface area (Å²) in [6.07, 6.45) is 12.8. The van der Waals surface area contributed by atoms with Gasteiger partial charge in [-0.15, -0.1) is 0 Å². The van der Waals surface area contributed by atoms with E-state index in [-0.39, 0.29) is 0 Å². The fourth-order valence-corrected chi connectivity index (χ4v) is 4.66. The van der Waals surface area contributed by atoms with Gasteiger partial charge in [-0.3, -0.25) is 19.9 Å². The molecule has 5 aromatic rings. The number of aliphatic imine (C=N–C) groups is 3. The van der Waals surface area contributed by atoms with Crippen LogP contribution in [0.3, 0.4) is 0 Å². The number of benzene rings is 2. The van der Waals surface area contributed by atoms with Gasteiger partial charge in [0.2, 0.25) is 0 Å². The van der Waals surface area contributed by atoms with E-state index in [1.54, 1.807) is 12.4 Å². The average Bonchev–Trinajstić information content (AvgIpc) is 3.03. The maximum atomic E-state index is 5.21. The van der Waals surface area contributed by atoms with Crippen LogP contribution in [0.15, 0.2) is 143 Å². The minimum absolute atomic E-state index is 0.817. The molecule has 0 fully saturated rings. The number of rotatable bonds is 6. The van der Waals surface area contributed by atoms with Crippen LogP contribution in [0.2, 0.25) is 0 Å². The Kier molecular flexibility index (Phi) is 7.28. The third kappa shape index (κ3) is 5.44. The zero-order valence-corrected chi connectivity index (χ0v) is 22.5. The normalized spacial score (nSPS) is 13.0. The van der Waals surface area contributed by atoms with Gasteiger partial charge in [-0.1, -0.05) is 42.5 Å². The number of para-hydroxylation sites is 2. The lowest BCUT2D eigenvalue weighted by atomic mass is 9.96. The van der Waals surface area contributed by atoms with Crippen LogP contribution in [0.1, 0.15) is 34.9 Å². The number of aromatic nitrogens is 3. The molecule has 6 rings (SSSR count). The van der Waals surface area contributed by atoms with Gasteiger partial charge in [0.05, 0.1) is 34.2 Å². The van der Waals surface area contributed by atoms with E-state index in [4.69, 9.17) is 20.0 Å². The first-order valence-electron chi connectivity index (χ1n) is 13.2. The van der Waals surface area contributed by atoms with Crippen molar-refractivity contribution in [2.24, 2.45) is 15.0 Å². The third-order valence-electron chi connectivity index (χ3n) is 6.76. The number of hydrogen-bond acceptors (Lipinski definition) is 6. The van der Waals surface area contributed by atoms with E-state index < -0.39 is 0 Å². The highest BCUT2D eigenvalue weighted by molar-refractivity contribution is 6.22. The number of nitrogens with zero attached hydrogens (tertiary/aromatic N) is 6. The van der Waals surface area contributed by atoms with Crippen LogP contribution in [-0.4, -0.2) is 33.1 Å². The van der Waals surface area contributed by atoms with Gasteiger partial charge < -0.3 is 0 Å². The lowest BCUT2D eigenvalue weighted by molar-refractivity contribution is 1.25. The smallest absolute Gasteiger partial charge is 0.0819 e. The Bertz CT molecular complexity index is 1830. The zero-order chi connectivity index (χ0) is 28.0. The van der Waals surface area contributed by atoms with Crippen LogP contribution in [0.25, 0.3) is 16.8 Å². The van der Waals surface area contributed by atoms with Crippen molar-refractivity contribution in [3.8, 4) is 11.3 Å². The van der Waals surface area contributed by atoms with E-state index in [1.807, 2.05) is 98.3 Å². The minimum atomic E-state index is 0.817. The molecule has 0 saturated carbocycles. The van der Waals surface area contributed by atoms with Crippen molar-refractivity contribution in [1.29, 1.82) is 0 Å². The summed E-state index contributed by atoms with van der Waals surface area (Å²) in [6, 6.07) is 28.2. The lowest BCUT2D eigenvalue weighted by Crippen LogP contribution is -2.11. The summed E-state index contributed by atoms with van der Waals surface area (Å²) in [5, 5.41) is 0. The van der Waals surface area contributed by atoms with Crippen LogP contribution in [0.4, 0.5) is 11.4 Å². The van der Waals surface area contributed by atoms with E-state index in [0.29, 0.717) is 0 Å². The molecule has 0 amide bonds. The molecule has 0 saturated heterocycles. The summed E-state index contributed by atoms with van der Waals surface area (Å²) in [7, 11) is 0. The van der Waals surface area contributed by atoms with E-state index in [1.165, 1.54) is 0 Å². The largest absolute Gasteiger partial charge is 0.273 e. The molecule has 1 aliphatic heterocycles. The van der Waals surface area contributed by atoms with Gasteiger partial charge in [0.1, 0.15) is 0 Å². The molecule has 6 nitrogen and oxygen atoms in total. The highest BCUT2D eigenvalue weighted by Crippen LogP contribution is 2.33. The van der Waals surface area contributed by atoms with Crippen LogP contribution in [-0.2, 0) is 0 Å². The predicted molar refractivity (Wildman–Crippen MR) is 168 cm³/mol. The van der Waals surface area contributed by atoms with E-state index in [9.17, 15) is 0 Å². The maximum absolute atomic E-state index is 5.21. The van der Waals surface area contributed by atoms with Crippen LogP contribution in [0.5, 0.6) is 0 Å². The Morgan fingerprint density at radius 3 is 1.90 bits per heavy atom. The first kappa shape index (κ1) is 25.6. The number of hydrogen-bond donors (Lipinski definition) is 0. The van der Waals surface area contributed by atoms with E-state index >= 15 is 0 Å². The fourth-order valence-electron chi connectivity index (χ4n) is 4.66. The molecule has 6 heteroatoms. The van der Waals surface area contributed by atoms with E-state index in [0.717, 1.165) is 67.6 Å². The molecule has 0 atom stereocenters. The number of fused-ring (bicyclic) bond motifs is 2. The maximum Gasteiger partial charge on any atom is 0.0819 e. The van der Waals surface area contributed by atoms with Crippen molar-refractivity contribution in [1.82, 2.24) is 15.0 Å². The summed E-state index contributed by atoms with van der Waals surface area (Å²) in [4.78, 5) is 27.8. The van der Waals surface area contributed by atoms with Crippen molar-refractivity contribution in [2.75, 3.05) is 0 Å². The first-order chi connectivity index (χ1) is 20.2. The molecule has 4 heterocycles. The Balaban J connectivity index is 1.44. The SMILES string of the molecule is C=N/C=C\C=C(/C)c1ccc(C2=Nc3ccccc3C(c3ccc(-c4cccnc4)nc3)=Nc3ccccc32)cn1. The Hall–Kier alpha value is -5.62. The van der Waals surface area contributed by atoms with Crippen molar-refractivity contribution < 1.29 is 0 Å². The molecule has 41 heavy (non-hydrogen) atoms. The molecule has 3 aromatic heterocycles. The highest BCUT2D eigenvalue weighted by atomic mass is 14.8. The lowest BCUT2D eigenvalue weighted by Gasteiger charge is -2.18. The standard InChI is InChI=1S/C35H26N6/c1-24(9-7-19-36-2)30-17-15-26(22-38-30)34-28-11-3-5-13-32(28)41-35(29-12-4-6-14-33(29)40-34)27-16-18-31(39-23-27)25-10-8-20-37-21-25/h3-23H,2H2,1H3/b19-7-,24-9+,34-28?,35-29?,40-33?,40-34?,41-32?,41-35?. The Morgan fingerprint density at radius 1 is 0.683 bits per heavy atom. The van der Waals surface area contributed by atoms with Gasteiger partial charge in [-0.2, -0.15) is 0 Å². The highest BCUT2D eigenvalue weighted by Gasteiger charge is 2.20. The van der Waals surface area contributed by atoms with Gasteiger partial charge >= 0.3 is 0 Å². The van der Waals surface area contributed by atoms with Gasteiger partial charge in [-0.25, -0.2) is 9.98 Å². The summed E-state index contributed by atoms with van der Waals surface area (Å²) >= 11 is 0. The molecule has 1 aliphatic rings. The number of allylic oxidation sites excluding steroid dienone is 3. The molecule has 196 valence electrons. The first-order valence-corrected chi connectivity index (χ1v) is 13.2. The molecule has 0 unspecified atom stereocenters. The fraction of sp³-hybridized carbons (Fsp3) is 0.0286. The molecule has 0 radical (unpaired) electrons. The monoisotopic (exact) mass is 530 g/mol. The zero-order valence-electron chi connectivity index (χ0n) is 22.5. The second-order valence-corrected chi connectivity index (χ2v) is 9.43. The summed E-state index contributed by atoms with van der Waals surface area (Å²) < 4.78 is 0. The molecule has 0 spiro atoms. The molecule has 2 aromatic carbocycles. The molecule has 0 bridgehead atoms. The van der Waals surface area contributed by atoms with Crippen molar-refractivity contribution in [3.05, 3.63) is 156 Å². The van der Waals surface area contributed by atoms with Gasteiger partial charge in [-0.05, 0) is 73.8 Å². The Labute approximate surface area is 239 Å². The van der Waals surface area contributed by atoms with Gasteiger partial charge in [0.25, 0.3) is 0 Å². The second-order valence-electron chi connectivity index (χ2n) is 9.43. The molecular weight excluding hydrogens is 504 g/mol. The van der Waals surface area contributed by atoms with Crippen LogP contribution >= 0.6 is 0 Å². The van der Waals surface area contributed by atoms with Crippen molar-refractivity contribution >= 4 is 35.1 Å². The number of pyridine rings is 3. The van der Waals surface area contributed by atoms with E-state index in [2.05, 4.69) is 41.0 Å². The third-order valence-corrected chi connectivity index (χ3v) is 6.76. The average molecular weight is 531 g/mol. The summed E-state index contributed by atoms with van der Waals surface area (Å²) in [5.74, 6) is 0. The van der Waals surface area contributed by atoms with Crippen LogP contribution < -0.4 is 0 Å². The minimum Gasteiger partial charge on any atom is -0.273 e. The van der Waals surface area contributed by atoms with Gasteiger partial charge in [0.15, 0.2) is 0 Å². The summed E-state index contributed by atoms with van der Waals surface area (Å²) in [6.45, 7) is 5.49. The quantitative estimate of drug-likeness (QED) is 0.163. The van der Waals surface area contributed by atoms with Crippen molar-refractivity contribution in [3.63, 3.8) is 0 Å². The predicted octanol–water partition coefficient (Wildman–Crippen LogP) is 7.81. The van der Waals surface area contributed by atoms with Gasteiger partial charge in [0, 0.05) is 58.8 Å².